The van der Waals surface area contributed by atoms with Crippen LogP contribution in [0.4, 0.5) is 0 Å². The minimum absolute atomic E-state index is 0.936. The smallest absolute Gasteiger partial charge is 0.00258 e. The van der Waals surface area contributed by atoms with E-state index in [1.54, 1.807) is 0 Å². The molecule has 0 heteroatoms. The summed E-state index contributed by atoms with van der Waals surface area (Å²) in [5.41, 5.74) is 8.68. The molecule has 0 saturated carbocycles. The quantitative estimate of drug-likeness (QED) is 0.307. The predicted molar refractivity (Wildman–Crippen MR) is 126 cm³/mol. The van der Waals surface area contributed by atoms with Crippen molar-refractivity contribution in [1.82, 2.24) is 0 Å². The second-order valence-electron chi connectivity index (χ2n) is 7.15. The normalized spacial score (nSPS) is 10.3. The van der Waals surface area contributed by atoms with Crippen molar-refractivity contribution in [3.63, 3.8) is 0 Å². The maximum Gasteiger partial charge on any atom is -0.00258 e. The molecule has 0 aliphatic carbocycles. The van der Waals surface area contributed by atoms with Crippen LogP contribution in [0.2, 0.25) is 0 Å². The third kappa shape index (κ3) is 4.80. The largest absolute Gasteiger partial charge is 0.0985 e. The lowest BCUT2D eigenvalue weighted by Crippen LogP contribution is -1.90. The number of benzene rings is 4. The molecule has 140 valence electrons. The number of hydrogen-bond acceptors (Lipinski definition) is 0. The van der Waals surface area contributed by atoms with E-state index in [2.05, 4.69) is 122 Å². The van der Waals surface area contributed by atoms with Crippen LogP contribution >= 0.6 is 0 Å². The van der Waals surface area contributed by atoms with Gasteiger partial charge in [0.1, 0.15) is 0 Å². The van der Waals surface area contributed by atoms with Gasteiger partial charge in [0.15, 0.2) is 0 Å². The minimum atomic E-state index is 0.936. The van der Waals surface area contributed by atoms with Gasteiger partial charge in [0.05, 0.1) is 0 Å². The second-order valence-corrected chi connectivity index (χ2v) is 7.15. The van der Waals surface area contributed by atoms with Crippen molar-refractivity contribution in [3.8, 4) is 0 Å². The Hall–Kier alpha value is -3.64. The first-order chi connectivity index (χ1) is 14.3. The predicted octanol–water partition coefficient (Wildman–Crippen LogP) is 7.51. The summed E-state index contributed by atoms with van der Waals surface area (Å²) < 4.78 is 0. The first kappa shape index (κ1) is 18.7. The summed E-state index contributed by atoms with van der Waals surface area (Å²) in [6, 6.07) is 38.6. The van der Waals surface area contributed by atoms with Crippen LogP contribution in [0.1, 0.15) is 33.4 Å². The van der Waals surface area contributed by atoms with E-state index >= 15 is 0 Å². The SMILES string of the molecule is C=Cc1ccc(Cc2ccc(C=C(c3ccccc3)c3ccccc3)cc2)cc1. The standard InChI is InChI=1S/C29H24/c1-2-23-13-15-24(16-14-23)21-25-17-19-26(20-18-25)22-29(27-9-5-3-6-10-27)28-11-7-4-8-12-28/h2-20,22H,1,21H2. The highest BCUT2D eigenvalue weighted by Gasteiger charge is 2.05. The fourth-order valence-electron chi connectivity index (χ4n) is 3.47. The van der Waals surface area contributed by atoms with Gasteiger partial charge in [-0.05, 0) is 51.5 Å². The summed E-state index contributed by atoms with van der Waals surface area (Å²) >= 11 is 0. The van der Waals surface area contributed by atoms with Crippen LogP contribution in [0, 0.1) is 0 Å². The zero-order valence-corrected chi connectivity index (χ0v) is 16.5. The topological polar surface area (TPSA) is 0 Å². The Morgan fingerprint density at radius 3 is 1.45 bits per heavy atom. The Morgan fingerprint density at radius 1 is 0.552 bits per heavy atom. The summed E-state index contributed by atoms with van der Waals surface area (Å²) in [6.07, 6.45) is 5.08. The Kier molecular flexibility index (Phi) is 5.83. The highest BCUT2D eigenvalue weighted by molar-refractivity contribution is 5.91. The molecule has 29 heavy (non-hydrogen) atoms. The Labute approximate surface area is 173 Å². The lowest BCUT2D eigenvalue weighted by atomic mass is 9.95. The van der Waals surface area contributed by atoms with Crippen molar-refractivity contribution in [1.29, 1.82) is 0 Å². The average Bonchev–Trinajstić information content (AvgIpc) is 2.80. The van der Waals surface area contributed by atoms with E-state index in [1.807, 2.05) is 6.08 Å². The number of hydrogen-bond donors (Lipinski definition) is 0. The van der Waals surface area contributed by atoms with Gasteiger partial charge < -0.3 is 0 Å². The maximum atomic E-state index is 3.82. The van der Waals surface area contributed by atoms with Crippen molar-refractivity contribution in [2.24, 2.45) is 0 Å². The molecule has 4 aromatic rings. The molecule has 0 aromatic heterocycles. The molecule has 0 aliphatic heterocycles. The molecule has 0 bridgehead atoms. The molecule has 4 aromatic carbocycles. The zero-order valence-electron chi connectivity index (χ0n) is 16.5. The number of rotatable bonds is 6. The van der Waals surface area contributed by atoms with Crippen molar-refractivity contribution in [3.05, 3.63) is 149 Å². The second kappa shape index (κ2) is 9.03. The Bertz CT molecular complexity index is 1040. The van der Waals surface area contributed by atoms with Crippen molar-refractivity contribution >= 4 is 17.7 Å². The lowest BCUT2D eigenvalue weighted by Gasteiger charge is -2.09. The van der Waals surface area contributed by atoms with E-state index < -0.39 is 0 Å². The molecule has 0 atom stereocenters. The molecule has 0 spiro atoms. The van der Waals surface area contributed by atoms with Crippen molar-refractivity contribution in [2.45, 2.75) is 6.42 Å². The van der Waals surface area contributed by atoms with Gasteiger partial charge in [0, 0.05) is 0 Å². The van der Waals surface area contributed by atoms with Gasteiger partial charge in [-0.2, -0.15) is 0 Å². The van der Waals surface area contributed by atoms with Gasteiger partial charge in [-0.1, -0.05) is 122 Å². The van der Waals surface area contributed by atoms with E-state index in [-0.39, 0.29) is 0 Å². The van der Waals surface area contributed by atoms with Crippen LogP contribution in [0.3, 0.4) is 0 Å². The highest BCUT2D eigenvalue weighted by Crippen LogP contribution is 2.26. The Balaban J connectivity index is 1.60. The molecule has 0 aliphatic rings. The average molecular weight is 373 g/mol. The summed E-state index contributed by atoms with van der Waals surface area (Å²) in [5, 5.41) is 0. The van der Waals surface area contributed by atoms with Gasteiger partial charge in [-0.25, -0.2) is 0 Å². The fraction of sp³-hybridized carbons (Fsp3) is 0.0345. The Morgan fingerprint density at radius 2 is 1.00 bits per heavy atom. The van der Waals surface area contributed by atoms with Crippen molar-refractivity contribution < 1.29 is 0 Å². The summed E-state index contributed by atoms with van der Waals surface area (Å²) in [4.78, 5) is 0. The van der Waals surface area contributed by atoms with Crippen LogP contribution in [0.5, 0.6) is 0 Å². The van der Waals surface area contributed by atoms with E-state index in [0.717, 1.165) is 12.0 Å². The molecule has 0 heterocycles. The summed E-state index contributed by atoms with van der Waals surface area (Å²) in [6.45, 7) is 3.82. The van der Waals surface area contributed by atoms with Gasteiger partial charge in [0.25, 0.3) is 0 Å². The molecular formula is C29H24. The third-order valence-corrected chi connectivity index (χ3v) is 5.08. The zero-order chi connectivity index (χ0) is 19.9. The molecule has 0 amide bonds. The van der Waals surface area contributed by atoms with E-state index in [4.69, 9.17) is 0 Å². The molecule has 0 fully saturated rings. The van der Waals surface area contributed by atoms with Gasteiger partial charge >= 0.3 is 0 Å². The van der Waals surface area contributed by atoms with E-state index in [1.165, 1.54) is 33.4 Å². The molecule has 0 radical (unpaired) electrons. The molecular weight excluding hydrogens is 348 g/mol. The van der Waals surface area contributed by atoms with Gasteiger partial charge in [-0.15, -0.1) is 0 Å². The monoisotopic (exact) mass is 372 g/mol. The van der Waals surface area contributed by atoms with Gasteiger partial charge in [-0.3, -0.25) is 0 Å². The molecule has 4 rings (SSSR count). The molecule has 0 N–H and O–H groups in total. The summed E-state index contributed by atoms with van der Waals surface area (Å²) in [5.74, 6) is 0. The highest BCUT2D eigenvalue weighted by atomic mass is 14.1. The van der Waals surface area contributed by atoms with Gasteiger partial charge in [0.2, 0.25) is 0 Å². The van der Waals surface area contributed by atoms with Crippen LogP contribution in [0.15, 0.2) is 116 Å². The van der Waals surface area contributed by atoms with Crippen LogP contribution in [0.25, 0.3) is 17.7 Å². The van der Waals surface area contributed by atoms with Crippen LogP contribution in [-0.4, -0.2) is 0 Å². The molecule has 0 unspecified atom stereocenters. The molecule has 0 nitrogen and oxygen atoms in total. The molecule has 0 saturated heterocycles. The lowest BCUT2D eigenvalue weighted by molar-refractivity contribution is 1.19. The summed E-state index contributed by atoms with van der Waals surface area (Å²) in [7, 11) is 0. The van der Waals surface area contributed by atoms with Crippen LogP contribution < -0.4 is 0 Å². The minimum Gasteiger partial charge on any atom is -0.0985 e. The van der Waals surface area contributed by atoms with Crippen molar-refractivity contribution in [2.75, 3.05) is 0 Å². The maximum absolute atomic E-state index is 3.82. The first-order valence-electron chi connectivity index (χ1n) is 9.95. The van der Waals surface area contributed by atoms with E-state index in [9.17, 15) is 0 Å². The third-order valence-electron chi connectivity index (χ3n) is 5.08. The van der Waals surface area contributed by atoms with E-state index in [0.29, 0.717) is 0 Å². The van der Waals surface area contributed by atoms with Crippen LogP contribution in [-0.2, 0) is 6.42 Å². The fourth-order valence-corrected chi connectivity index (χ4v) is 3.47. The first-order valence-corrected chi connectivity index (χ1v) is 9.95.